The Hall–Kier alpha value is -1.85. The summed E-state index contributed by atoms with van der Waals surface area (Å²) in [4.78, 5) is 11.5. The van der Waals surface area contributed by atoms with Crippen LogP contribution in [0.4, 0.5) is 0 Å². The Morgan fingerprint density at radius 1 is 1.40 bits per heavy atom. The van der Waals surface area contributed by atoms with Gasteiger partial charge in [0.2, 0.25) is 0 Å². The Kier molecular flexibility index (Phi) is 4.76. The van der Waals surface area contributed by atoms with Crippen LogP contribution in [0.25, 0.3) is 0 Å². The smallest absolute Gasteiger partial charge is 0.346 e. The maximum atomic E-state index is 11.1. The van der Waals surface area contributed by atoms with Crippen molar-refractivity contribution in [3.8, 4) is 5.75 Å². The highest BCUT2D eigenvalue weighted by Crippen LogP contribution is 2.25. The third kappa shape index (κ3) is 3.18. The molecule has 0 unspecified atom stereocenters. The number of ether oxygens (including phenoxy) is 1. The number of aromatic carboxylic acids is 1. The van der Waals surface area contributed by atoms with Crippen LogP contribution in [0.3, 0.4) is 0 Å². The number of carboxylic acids is 1. The number of benzene rings is 1. The Labute approximate surface area is 122 Å². The molecule has 5 heteroatoms. The summed E-state index contributed by atoms with van der Waals surface area (Å²) in [6.07, 6.45) is 0. The Morgan fingerprint density at radius 2 is 2.15 bits per heavy atom. The summed E-state index contributed by atoms with van der Waals surface area (Å²) in [6.45, 7) is 2.55. The second kappa shape index (κ2) is 6.54. The fourth-order valence-electron chi connectivity index (χ4n) is 2.06. The molecule has 2 aromatic rings. The lowest BCUT2D eigenvalue weighted by Crippen LogP contribution is -2.19. The fraction of sp³-hybridized carbons (Fsp3) is 0.267. The first-order valence-electron chi connectivity index (χ1n) is 6.29. The van der Waals surface area contributed by atoms with Crippen LogP contribution in [0.15, 0.2) is 35.7 Å². The van der Waals surface area contributed by atoms with Crippen molar-refractivity contribution in [1.82, 2.24) is 5.32 Å². The summed E-state index contributed by atoms with van der Waals surface area (Å²) in [5.74, 6) is -0.0435. The largest absolute Gasteiger partial charge is 0.496 e. The van der Waals surface area contributed by atoms with E-state index in [1.54, 1.807) is 12.5 Å². The van der Waals surface area contributed by atoms with Crippen molar-refractivity contribution in [3.05, 3.63) is 51.7 Å². The maximum absolute atomic E-state index is 11.1. The molecule has 20 heavy (non-hydrogen) atoms. The van der Waals surface area contributed by atoms with Crippen LogP contribution in [0.2, 0.25) is 0 Å². The van der Waals surface area contributed by atoms with E-state index in [2.05, 4.69) is 5.32 Å². The first-order chi connectivity index (χ1) is 9.63. The van der Waals surface area contributed by atoms with Crippen molar-refractivity contribution >= 4 is 17.3 Å². The van der Waals surface area contributed by atoms with Crippen molar-refractivity contribution in [1.29, 1.82) is 0 Å². The van der Waals surface area contributed by atoms with E-state index in [0.29, 0.717) is 11.4 Å². The Balaban J connectivity index is 2.07. The van der Waals surface area contributed by atoms with Gasteiger partial charge in [-0.2, -0.15) is 0 Å². The van der Waals surface area contributed by atoms with Gasteiger partial charge in [0.25, 0.3) is 0 Å². The van der Waals surface area contributed by atoms with E-state index in [0.717, 1.165) is 16.9 Å². The molecule has 1 atom stereocenters. The van der Waals surface area contributed by atoms with E-state index in [1.807, 2.05) is 37.3 Å². The first-order valence-corrected chi connectivity index (χ1v) is 7.17. The van der Waals surface area contributed by atoms with Crippen LogP contribution in [0, 0.1) is 0 Å². The molecule has 1 heterocycles. The molecule has 2 rings (SSSR count). The molecule has 0 bridgehead atoms. The number of methoxy groups -OCH3 is 1. The molecule has 1 aromatic heterocycles. The summed E-state index contributed by atoms with van der Waals surface area (Å²) in [5.41, 5.74) is 1.87. The van der Waals surface area contributed by atoms with Crippen molar-refractivity contribution in [2.45, 2.75) is 19.5 Å². The maximum Gasteiger partial charge on any atom is 0.346 e. The number of hydrogen-bond donors (Lipinski definition) is 2. The van der Waals surface area contributed by atoms with Gasteiger partial charge in [-0.05, 0) is 30.0 Å². The highest BCUT2D eigenvalue weighted by atomic mass is 32.1. The van der Waals surface area contributed by atoms with Gasteiger partial charge in [-0.3, -0.25) is 0 Å². The van der Waals surface area contributed by atoms with E-state index in [9.17, 15) is 4.79 Å². The van der Waals surface area contributed by atoms with Crippen molar-refractivity contribution in [3.63, 3.8) is 0 Å². The van der Waals surface area contributed by atoms with Crippen LogP contribution >= 0.6 is 11.3 Å². The number of hydrogen-bond acceptors (Lipinski definition) is 4. The zero-order valence-corrected chi connectivity index (χ0v) is 12.2. The monoisotopic (exact) mass is 291 g/mol. The van der Waals surface area contributed by atoms with E-state index in [4.69, 9.17) is 9.84 Å². The van der Waals surface area contributed by atoms with Gasteiger partial charge in [0.05, 0.1) is 7.11 Å². The SMILES string of the molecule is COc1ccccc1[C@@H](C)NCc1ccsc1C(=O)O. The number of rotatable bonds is 6. The molecule has 0 aliphatic heterocycles. The zero-order valence-electron chi connectivity index (χ0n) is 11.4. The predicted octanol–water partition coefficient (Wildman–Crippen LogP) is 3.31. The molecule has 0 saturated heterocycles. The number of nitrogens with one attached hydrogen (secondary N) is 1. The van der Waals surface area contributed by atoms with Gasteiger partial charge >= 0.3 is 5.97 Å². The van der Waals surface area contributed by atoms with Gasteiger partial charge < -0.3 is 15.2 Å². The summed E-state index contributed by atoms with van der Waals surface area (Å²) in [5, 5.41) is 14.2. The normalized spacial score (nSPS) is 12.1. The second-order valence-corrected chi connectivity index (χ2v) is 5.34. The van der Waals surface area contributed by atoms with Crippen LogP contribution in [0.1, 0.15) is 33.8 Å². The van der Waals surface area contributed by atoms with Gasteiger partial charge in [0.15, 0.2) is 0 Å². The summed E-state index contributed by atoms with van der Waals surface area (Å²) in [7, 11) is 1.65. The van der Waals surface area contributed by atoms with Gasteiger partial charge in [-0.25, -0.2) is 4.79 Å². The Morgan fingerprint density at radius 3 is 2.85 bits per heavy atom. The summed E-state index contributed by atoms with van der Waals surface area (Å²) < 4.78 is 5.33. The number of para-hydroxylation sites is 1. The molecule has 0 spiro atoms. The minimum Gasteiger partial charge on any atom is -0.496 e. The highest BCUT2D eigenvalue weighted by molar-refractivity contribution is 7.12. The molecule has 106 valence electrons. The third-order valence-corrected chi connectivity index (χ3v) is 4.09. The minimum atomic E-state index is -0.873. The van der Waals surface area contributed by atoms with Crippen LogP contribution < -0.4 is 10.1 Å². The number of thiophene rings is 1. The molecule has 1 aromatic carbocycles. The van der Waals surface area contributed by atoms with Crippen molar-refractivity contribution < 1.29 is 14.6 Å². The highest BCUT2D eigenvalue weighted by Gasteiger charge is 2.14. The molecule has 4 nitrogen and oxygen atoms in total. The lowest BCUT2D eigenvalue weighted by Gasteiger charge is -2.17. The quantitative estimate of drug-likeness (QED) is 0.857. The van der Waals surface area contributed by atoms with Gasteiger partial charge in [-0.1, -0.05) is 18.2 Å². The average molecular weight is 291 g/mol. The topological polar surface area (TPSA) is 58.6 Å². The van der Waals surface area contributed by atoms with E-state index < -0.39 is 5.97 Å². The molecule has 0 aliphatic carbocycles. The summed E-state index contributed by atoms with van der Waals surface area (Å²) in [6, 6.07) is 9.73. The standard InChI is InChI=1S/C15H17NO3S/c1-10(12-5-3-4-6-13(12)19-2)16-9-11-7-8-20-14(11)15(17)18/h3-8,10,16H,9H2,1-2H3,(H,17,18)/t10-/m1/s1. The number of carbonyl (C=O) groups is 1. The molecular formula is C15H17NO3S. The Bertz CT molecular complexity index is 594. The molecular weight excluding hydrogens is 274 g/mol. The molecule has 0 aliphatic rings. The molecule has 0 saturated carbocycles. The lowest BCUT2D eigenvalue weighted by atomic mass is 10.1. The number of carboxylic acid groups (broad SMARTS) is 1. The van der Waals surface area contributed by atoms with Gasteiger partial charge in [0, 0.05) is 18.2 Å². The zero-order chi connectivity index (χ0) is 14.5. The predicted molar refractivity (Wildman–Crippen MR) is 79.5 cm³/mol. The fourth-order valence-corrected chi connectivity index (χ4v) is 2.82. The van der Waals surface area contributed by atoms with E-state index in [-0.39, 0.29) is 6.04 Å². The average Bonchev–Trinajstić information content (AvgIpc) is 2.93. The van der Waals surface area contributed by atoms with E-state index in [1.165, 1.54) is 11.3 Å². The minimum absolute atomic E-state index is 0.0766. The summed E-state index contributed by atoms with van der Waals surface area (Å²) >= 11 is 1.25. The first kappa shape index (κ1) is 14.6. The van der Waals surface area contributed by atoms with E-state index >= 15 is 0 Å². The van der Waals surface area contributed by atoms with Gasteiger partial charge in [-0.15, -0.1) is 11.3 Å². The van der Waals surface area contributed by atoms with Gasteiger partial charge in [0.1, 0.15) is 10.6 Å². The van der Waals surface area contributed by atoms with Crippen molar-refractivity contribution in [2.75, 3.05) is 7.11 Å². The molecule has 0 amide bonds. The third-order valence-electron chi connectivity index (χ3n) is 3.15. The second-order valence-electron chi connectivity index (χ2n) is 4.42. The molecule has 0 radical (unpaired) electrons. The lowest BCUT2D eigenvalue weighted by molar-refractivity contribution is 0.0701. The molecule has 2 N–H and O–H groups in total. The molecule has 0 fully saturated rings. The van der Waals surface area contributed by atoms with Crippen LogP contribution in [-0.4, -0.2) is 18.2 Å². The van der Waals surface area contributed by atoms with Crippen LogP contribution in [0.5, 0.6) is 5.75 Å². The van der Waals surface area contributed by atoms with Crippen LogP contribution in [-0.2, 0) is 6.54 Å². The van der Waals surface area contributed by atoms with Crippen molar-refractivity contribution in [2.24, 2.45) is 0 Å².